The number of pyridine rings is 1. The Kier molecular flexibility index (Phi) is 6.53. The fourth-order valence-corrected chi connectivity index (χ4v) is 3.92. The van der Waals surface area contributed by atoms with Gasteiger partial charge in [-0.1, -0.05) is 23.8 Å². The van der Waals surface area contributed by atoms with E-state index in [1.165, 1.54) is 17.0 Å². The van der Waals surface area contributed by atoms with Crippen molar-refractivity contribution in [3.8, 4) is 0 Å². The molecule has 2 aromatic carbocycles. The third-order valence-corrected chi connectivity index (χ3v) is 5.44. The average Bonchev–Trinajstić information content (AvgIpc) is 2.76. The van der Waals surface area contributed by atoms with Crippen LogP contribution in [0, 0.1) is 19.7 Å². The number of carbonyl (C=O) groups excluding carboxylic acids is 1. The monoisotopic (exact) mass is 439 g/mol. The van der Waals surface area contributed by atoms with E-state index in [1.54, 1.807) is 18.2 Å². The Morgan fingerprint density at radius 2 is 2.03 bits per heavy atom. The molecule has 168 valence electrons. The fourth-order valence-electron chi connectivity index (χ4n) is 3.92. The summed E-state index contributed by atoms with van der Waals surface area (Å²) in [6.07, 6.45) is -0.334. The lowest BCUT2D eigenvalue weighted by molar-refractivity contribution is -0.0943. The van der Waals surface area contributed by atoms with E-state index in [-0.39, 0.29) is 30.4 Å². The van der Waals surface area contributed by atoms with Crippen molar-refractivity contribution < 1.29 is 18.7 Å². The summed E-state index contributed by atoms with van der Waals surface area (Å²) in [5.74, 6) is -0.535. The number of aryl methyl sites for hydroxylation is 2. The van der Waals surface area contributed by atoms with Crippen molar-refractivity contribution in [1.82, 2.24) is 9.88 Å². The molecule has 0 saturated carbocycles. The second-order valence-corrected chi connectivity index (χ2v) is 8.03. The number of benzene rings is 2. The summed E-state index contributed by atoms with van der Waals surface area (Å²) in [6.45, 7) is 5.45. The number of fused-ring (bicyclic) bond motifs is 1. The zero-order valence-corrected chi connectivity index (χ0v) is 18.1. The van der Waals surface area contributed by atoms with Crippen molar-refractivity contribution in [2.45, 2.75) is 26.5 Å². The molecule has 0 radical (unpaired) electrons. The van der Waals surface area contributed by atoms with Crippen LogP contribution in [0.4, 0.5) is 14.9 Å². The third-order valence-electron chi connectivity index (χ3n) is 5.44. The summed E-state index contributed by atoms with van der Waals surface area (Å²) in [5, 5.41) is 3.49. The number of nitrogens with zero attached hydrogens (tertiary/aromatic N) is 1. The fraction of sp³-hybridized carbons (Fsp3) is 0.333. The molecule has 1 atom stereocenters. The van der Waals surface area contributed by atoms with Crippen LogP contribution in [0.2, 0.25) is 0 Å². The molecule has 2 heterocycles. The van der Waals surface area contributed by atoms with Crippen LogP contribution in [0.3, 0.4) is 0 Å². The zero-order chi connectivity index (χ0) is 22.7. The minimum absolute atomic E-state index is 0.0401. The van der Waals surface area contributed by atoms with E-state index in [4.69, 9.17) is 9.47 Å². The molecular formula is C24H26FN3O4. The van der Waals surface area contributed by atoms with E-state index < -0.39 is 11.8 Å². The number of aromatic amines is 1. The first-order valence-corrected chi connectivity index (χ1v) is 10.5. The largest absolute Gasteiger partial charge is 0.376 e. The molecule has 1 aliphatic rings. The topological polar surface area (TPSA) is 83.7 Å². The number of H-pyrrole nitrogens is 1. The van der Waals surface area contributed by atoms with E-state index in [0.29, 0.717) is 25.4 Å². The molecule has 0 spiro atoms. The summed E-state index contributed by atoms with van der Waals surface area (Å²) in [5.41, 5.74) is 3.06. The predicted molar refractivity (Wildman–Crippen MR) is 120 cm³/mol. The highest BCUT2D eigenvalue weighted by molar-refractivity contribution is 5.89. The maximum Gasteiger partial charge on any atom is 0.322 e. The lowest BCUT2D eigenvalue weighted by Crippen LogP contribution is -2.44. The first kappa shape index (κ1) is 22.0. The number of para-hydroxylation sites is 1. The summed E-state index contributed by atoms with van der Waals surface area (Å²) in [6, 6.07) is 11.2. The quantitative estimate of drug-likeness (QED) is 0.635. The van der Waals surface area contributed by atoms with E-state index in [1.807, 2.05) is 26.0 Å². The second kappa shape index (κ2) is 9.50. The Bertz CT molecular complexity index is 1190. The standard InChI is InChI=1S/C24H26FN3O4/c1-15-9-16(2)22-17(10-15)11-18(23(29)27-22)12-28(13-19-14-31-7-8-32-19)24(30)26-21-6-4-3-5-20(21)25/h3-6,9-11,19H,7-8,12-14H2,1-2H3,(H,26,30)(H,27,29)/t19-/m0/s1. The predicted octanol–water partition coefficient (Wildman–Crippen LogP) is 3.73. The molecule has 2 amide bonds. The number of hydrogen-bond acceptors (Lipinski definition) is 4. The molecular weight excluding hydrogens is 413 g/mol. The van der Waals surface area contributed by atoms with Crippen molar-refractivity contribution in [1.29, 1.82) is 0 Å². The number of halogens is 1. The number of ether oxygens (including phenoxy) is 2. The normalized spacial score (nSPS) is 16.2. The van der Waals surface area contributed by atoms with Crippen LogP contribution in [0.25, 0.3) is 10.9 Å². The lowest BCUT2D eigenvalue weighted by Gasteiger charge is -2.30. The van der Waals surface area contributed by atoms with Crippen molar-refractivity contribution in [3.05, 3.63) is 75.3 Å². The van der Waals surface area contributed by atoms with E-state index in [0.717, 1.165) is 22.0 Å². The van der Waals surface area contributed by atoms with Gasteiger partial charge in [-0.15, -0.1) is 0 Å². The van der Waals surface area contributed by atoms with Crippen LogP contribution < -0.4 is 10.9 Å². The third kappa shape index (κ3) is 4.98. The Balaban J connectivity index is 1.63. The van der Waals surface area contributed by atoms with E-state index in [9.17, 15) is 14.0 Å². The molecule has 1 fully saturated rings. The maximum absolute atomic E-state index is 14.1. The Labute approximate surface area is 185 Å². The summed E-state index contributed by atoms with van der Waals surface area (Å²) in [7, 11) is 0. The van der Waals surface area contributed by atoms with E-state index in [2.05, 4.69) is 10.3 Å². The number of urea groups is 1. The number of rotatable bonds is 5. The zero-order valence-electron chi connectivity index (χ0n) is 18.1. The number of carbonyl (C=O) groups is 1. The Morgan fingerprint density at radius 3 is 2.78 bits per heavy atom. The first-order chi connectivity index (χ1) is 15.4. The summed E-state index contributed by atoms with van der Waals surface area (Å²) >= 11 is 0. The summed E-state index contributed by atoms with van der Waals surface area (Å²) < 4.78 is 25.2. The molecule has 1 aliphatic heterocycles. The molecule has 7 nitrogen and oxygen atoms in total. The van der Waals surface area contributed by atoms with Gasteiger partial charge in [0.2, 0.25) is 0 Å². The molecule has 0 aliphatic carbocycles. The molecule has 1 saturated heterocycles. The molecule has 3 aromatic rings. The van der Waals surface area contributed by atoms with Crippen molar-refractivity contribution >= 4 is 22.6 Å². The SMILES string of the molecule is Cc1cc(C)c2[nH]c(=O)c(CN(C[C@H]3COCCO3)C(=O)Nc3ccccc3F)cc2c1. The minimum Gasteiger partial charge on any atom is -0.376 e. The van der Waals surface area contributed by atoms with Gasteiger partial charge in [0.15, 0.2) is 0 Å². The van der Waals surface area contributed by atoms with Gasteiger partial charge in [0, 0.05) is 5.56 Å². The van der Waals surface area contributed by atoms with Gasteiger partial charge in [-0.25, -0.2) is 9.18 Å². The number of anilines is 1. The van der Waals surface area contributed by atoms with Gasteiger partial charge in [-0.05, 0) is 49.1 Å². The summed E-state index contributed by atoms with van der Waals surface area (Å²) in [4.78, 5) is 30.2. The second-order valence-electron chi connectivity index (χ2n) is 8.03. The van der Waals surface area contributed by atoms with Crippen LogP contribution in [0.1, 0.15) is 16.7 Å². The molecule has 32 heavy (non-hydrogen) atoms. The van der Waals surface area contributed by atoms with Gasteiger partial charge in [-0.3, -0.25) is 4.79 Å². The maximum atomic E-state index is 14.1. The van der Waals surface area contributed by atoms with Gasteiger partial charge in [-0.2, -0.15) is 0 Å². The number of amides is 2. The van der Waals surface area contributed by atoms with Crippen molar-refractivity contribution in [2.24, 2.45) is 0 Å². The van der Waals surface area contributed by atoms with Crippen LogP contribution in [0.5, 0.6) is 0 Å². The molecule has 0 bridgehead atoms. The van der Waals surface area contributed by atoms with Gasteiger partial charge in [0.05, 0.1) is 50.2 Å². The minimum atomic E-state index is -0.535. The number of hydrogen-bond donors (Lipinski definition) is 2. The molecule has 8 heteroatoms. The van der Waals surface area contributed by atoms with Gasteiger partial charge >= 0.3 is 6.03 Å². The highest BCUT2D eigenvalue weighted by Gasteiger charge is 2.24. The molecule has 1 aromatic heterocycles. The Morgan fingerprint density at radius 1 is 1.22 bits per heavy atom. The number of nitrogens with one attached hydrogen (secondary N) is 2. The molecule has 2 N–H and O–H groups in total. The Hall–Kier alpha value is -3.23. The van der Waals surface area contributed by atoms with Crippen LogP contribution in [0.15, 0.2) is 47.3 Å². The van der Waals surface area contributed by atoms with Gasteiger partial charge < -0.3 is 24.7 Å². The molecule has 0 unspecified atom stereocenters. The highest BCUT2D eigenvalue weighted by atomic mass is 19.1. The van der Waals surface area contributed by atoms with Crippen LogP contribution >= 0.6 is 0 Å². The average molecular weight is 439 g/mol. The lowest BCUT2D eigenvalue weighted by atomic mass is 10.1. The van der Waals surface area contributed by atoms with Crippen molar-refractivity contribution in [2.75, 3.05) is 31.7 Å². The van der Waals surface area contributed by atoms with Crippen LogP contribution in [-0.4, -0.2) is 48.4 Å². The van der Waals surface area contributed by atoms with Gasteiger partial charge in [0.1, 0.15) is 5.82 Å². The molecule has 4 rings (SSSR count). The van der Waals surface area contributed by atoms with Crippen LogP contribution in [-0.2, 0) is 16.0 Å². The van der Waals surface area contributed by atoms with Crippen molar-refractivity contribution in [3.63, 3.8) is 0 Å². The smallest absolute Gasteiger partial charge is 0.322 e. The van der Waals surface area contributed by atoms with Gasteiger partial charge in [0.25, 0.3) is 5.56 Å². The highest BCUT2D eigenvalue weighted by Crippen LogP contribution is 2.20. The first-order valence-electron chi connectivity index (χ1n) is 10.5. The number of aromatic nitrogens is 1. The van der Waals surface area contributed by atoms with E-state index >= 15 is 0 Å².